The van der Waals surface area contributed by atoms with Gasteiger partial charge in [0.15, 0.2) is 18.1 Å². The number of carbonyl (C=O) groups excluding carboxylic acids is 4. The molecule has 1 aromatic heterocycles. The van der Waals surface area contributed by atoms with Crippen molar-refractivity contribution in [1.82, 2.24) is 25.0 Å². The van der Waals surface area contributed by atoms with Gasteiger partial charge in [0, 0.05) is 50.6 Å². The molecule has 0 saturated carbocycles. The molecule has 0 bridgehead atoms. The maximum absolute atomic E-state index is 13.6. The van der Waals surface area contributed by atoms with Gasteiger partial charge >= 0.3 is 12.1 Å². The van der Waals surface area contributed by atoms with Gasteiger partial charge in [0.1, 0.15) is 17.5 Å². The van der Waals surface area contributed by atoms with Crippen LogP contribution in [0.2, 0.25) is 0 Å². The predicted molar refractivity (Wildman–Crippen MR) is 184 cm³/mol. The number of carboxylic acids is 1. The Kier molecular flexibility index (Phi) is 12.1. The van der Waals surface area contributed by atoms with Crippen LogP contribution in [0.1, 0.15) is 54.7 Å². The second-order valence-electron chi connectivity index (χ2n) is 12.1. The van der Waals surface area contributed by atoms with Gasteiger partial charge in [-0.3, -0.25) is 19.2 Å². The van der Waals surface area contributed by atoms with Crippen molar-refractivity contribution in [2.45, 2.75) is 44.7 Å². The molecular formula is C36H43N5O10. The van der Waals surface area contributed by atoms with Crippen LogP contribution in [-0.2, 0) is 19.1 Å². The van der Waals surface area contributed by atoms with E-state index in [2.05, 4.69) is 10.3 Å². The molecule has 2 aliphatic rings. The quantitative estimate of drug-likeness (QED) is 0.267. The number of aliphatic carboxylic acids is 1. The molecule has 2 unspecified atom stereocenters. The summed E-state index contributed by atoms with van der Waals surface area (Å²) in [5.41, 5.74) is 1.28. The number of aromatic nitrogens is 1. The molecule has 5 rings (SSSR count). The molecule has 2 aromatic carbocycles. The SMILES string of the molecule is CCOC(=O)N1CCN(C(=O)C(CCC(=O)O)NC(=O)c2cc(OCC(=O)N3CCCC3c3ccc(OC)c(OC)c3)c3ccccc3n2)CC1. The van der Waals surface area contributed by atoms with Crippen LogP contribution in [0.5, 0.6) is 17.2 Å². The van der Waals surface area contributed by atoms with E-state index < -0.39 is 29.9 Å². The number of fused-ring (bicyclic) bond motifs is 1. The van der Waals surface area contributed by atoms with Gasteiger partial charge in [-0.05, 0) is 56.0 Å². The van der Waals surface area contributed by atoms with E-state index in [-0.39, 0.29) is 75.6 Å². The number of pyridine rings is 1. The normalized spacial score (nSPS) is 16.4. The molecule has 3 aromatic rings. The van der Waals surface area contributed by atoms with Crippen LogP contribution in [0.25, 0.3) is 10.9 Å². The minimum atomic E-state index is -1.16. The van der Waals surface area contributed by atoms with E-state index in [4.69, 9.17) is 18.9 Å². The van der Waals surface area contributed by atoms with Gasteiger partial charge < -0.3 is 44.1 Å². The standard InChI is InChI=1S/C36H43N5O10/c1-4-50-36(47)40-18-16-39(17-19-40)35(46)26(12-14-33(43)44)38-34(45)27-21-30(24-8-5-6-9-25(24)37-27)51-22-32(42)41-15-7-10-28(41)23-11-13-29(48-2)31(20-23)49-3/h5-6,8-9,11,13,20-21,26,28H,4,7,10,12,14-19,22H2,1-3H3,(H,38,45)(H,43,44). The highest BCUT2D eigenvalue weighted by Crippen LogP contribution is 2.37. The van der Waals surface area contributed by atoms with Gasteiger partial charge in [-0.25, -0.2) is 9.78 Å². The Balaban J connectivity index is 1.30. The van der Waals surface area contributed by atoms with Crippen molar-refractivity contribution in [2.24, 2.45) is 0 Å². The molecule has 2 saturated heterocycles. The zero-order chi connectivity index (χ0) is 36.5. The van der Waals surface area contributed by atoms with E-state index in [1.807, 2.05) is 18.2 Å². The van der Waals surface area contributed by atoms with Gasteiger partial charge in [0.05, 0.1) is 32.4 Å². The Bertz CT molecular complexity index is 1760. The summed E-state index contributed by atoms with van der Waals surface area (Å²) >= 11 is 0. The molecule has 2 fully saturated rings. The highest BCUT2D eigenvalue weighted by atomic mass is 16.6. The second kappa shape index (κ2) is 16.9. The fourth-order valence-corrected chi connectivity index (χ4v) is 6.38. The van der Waals surface area contributed by atoms with Gasteiger partial charge in [-0.15, -0.1) is 0 Å². The summed E-state index contributed by atoms with van der Waals surface area (Å²) in [6.45, 7) is 3.06. The predicted octanol–water partition coefficient (Wildman–Crippen LogP) is 3.26. The van der Waals surface area contributed by atoms with E-state index in [0.717, 1.165) is 18.4 Å². The molecule has 4 amide bonds. The molecule has 2 N–H and O–H groups in total. The summed E-state index contributed by atoms with van der Waals surface area (Å²) in [4.78, 5) is 73.5. The number of amides is 4. The summed E-state index contributed by atoms with van der Waals surface area (Å²) in [5.74, 6) is -1.11. The van der Waals surface area contributed by atoms with Crippen LogP contribution in [0.15, 0.2) is 48.5 Å². The molecule has 2 atom stereocenters. The Morgan fingerprint density at radius 2 is 1.65 bits per heavy atom. The fourth-order valence-electron chi connectivity index (χ4n) is 6.38. The molecule has 51 heavy (non-hydrogen) atoms. The largest absolute Gasteiger partial charge is 0.493 e. The third-order valence-corrected chi connectivity index (χ3v) is 9.00. The smallest absolute Gasteiger partial charge is 0.409 e. The van der Waals surface area contributed by atoms with E-state index in [1.54, 1.807) is 50.3 Å². The van der Waals surface area contributed by atoms with E-state index in [1.165, 1.54) is 15.9 Å². The average Bonchev–Trinajstić information content (AvgIpc) is 3.65. The third-order valence-electron chi connectivity index (χ3n) is 9.00. The number of benzene rings is 2. The third kappa shape index (κ3) is 8.77. The Morgan fingerprint density at radius 3 is 2.35 bits per heavy atom. The zero-order valence-electron chi connectivity index (χ0n) is 29.0. The van der Waals surface area contributed by atoms with E-state index in [0.29, 0.717) is 28.9 Å². The number of nitrogens with one attached hydrogen (secondary N) is 1. The van der Waals surface area contributed by atoms with Crippen molar-refractivity contribution in [3.8, 4) is 17.2 Å². The summed E-state index contributed by atoms with van der Waals surface area (Å²) in [7, 11) is 3.12. The van der Waals surface area contributed by atoms with Crippen LogP contribution in [0, 0.1) is 0 Å². The fraction of sp³-hybridized carbons (Fsp3) is 0.444. The molecule has 0 spiro atoms. The number of ether oxygens (including phenoxy) is 4. The lowest BCUT2D eigenvalue weighted by Crippen LogP contribution is -2.56. The van der Waals surface area contributed by atoms with Gasteiger partial charge in [-0.2, -0.15) is 0 Å². The molecule has 0 radical (unpaired) electrons. The first-order valence-electron chi connectivity index (χ1n) is 16.9. The molecule has 272 valence electrons. The van der Waals surface area contributed by atoms with Gasteiger partial charge in [-0.1, -0.05) is 18.2 Å². The average molecular weight is 706 g/mol. The van der Waals surface area contributed by atoms with Crippen LogP contribution in [-0.4, -0.2) is 121 Å². The van der Waals surface area contributed by atoms with Crippen molar-refractivity contribution in [2.75, 3.05) is 60.2 Å². The number of carboxylic acid groups (broad SMARTS) is 1. The van der Waals surface area contributed by atoms with E-state index in [9.17, 15) is 29.1 Å². The molecule has 2 aliphatic heterocycles. The van der Waals surface area contributed by atoms with Gasteiger partial charge in [0.2, 0.25) is 5.91 Å². The zero-order valence-corrected chi connectivity index (χ0v) is 29.0. The number of hydrogen-bond acceptors (Lipinski definition) is 10. The number of methoxy groups -OCH3 is 2. The first-order valence-corrected chi connectivity index (χ1v) is 16.9. The highest BCUT2D eigenvalue weighted by molar-refractivity contribution is 5.99. The Morgan fingerprint density at radius 1 is 0.922 bits per heavy atom. The van der Waals surface area contributed by atoms with Crippen LogP contribution < -0.4 is 19.5 Å². The number of carbonyl (C=O) groups is 5. The molecule has 0 aliphatic carbocycles. The summed E-state index contributed by atoms with van der Waals surface area (Å²) in [6.07, 6.45) is 0.603. The van der Waals surface area contributed by atoms with Crippen LogP contribution in [0.4, 0.5) is 4.79 Å². The number of hydrogen-bond donors (Lipinski definition) is 2. The van der Waals surface area contributed by atoms with Crippen LogP contribution in [0.3, 0.4) is 0 Å². The molecule has 3 heterocycles. The topological polar surface area (TPSA) is 177 Å². The maximum atomic E-state index is 13.6. The first-order chi connectivity index (χ1) is 24.6. The van der Waals surface area contributed by atoms with Gasteiger partial charge in [0.25, 0.3) is 11.8 Å². The maximum Gasteiger partial charge on any atom is 0.409 e. The van der Waals surface area contributed by atoms with E-state index >= 15 is 0 Å². The number of rotatable bonds is 13. The second-order valence-corrected chi connectivity index (χ2v) is 12.1. The summed E-state index contributed by atoms with van der Waals surface area (Å²) in [6, 6.07) is 12.7. The molecule has 15 nitrogen and oxygen atoms in total. The monoisotopic (exact) mass is 705 g/mol. The summed E-state index contributed by atoms with van der Waals surface area (Å²) in [5, 5.41) is 12.6. The number of likely N-dealkylation sites (tertiary alicyclic amines) is 1. The lowest BCUT2D eigenvalue weighted by Gasteiger charge is -2.35. The first kappa shape index (κ1) is 36.7. The Labute approximate surface area is 295 Å². The number of para-hydroxylation sites is 1. The van der Waals surface area contributed by atoms with Crippen molar-refractivity contribution in [3.05, 3.63) is 59.8 Å². The van der Waals surface area contributed by atoms with Crippen molar-refractivity contribution in [1.29, 1.82) is 0 Å². The van der Waals surface area contributed by atoms with Crippen molar-refractivity contribution in [3.63, 3.8) is 0 Å². The minimum absolute atomic E-state index is 0.0687. The minimum Gasteiger partial charge on any atom is -0.493 e. The lowest BCUT2D eigenvalue weighted by atomic mass is 10.0. The molecule has 15 heteroatoms. The van der Waals surface area contributed by atoms with Crippen molar-refractivity contribution >= 4 is 40.7 Å². The highest BCUT2D eigenvalue weighted by Gasteiger charge is 2.33. The number of nitrogens with zero attached hydrogens (tertiary/aromatic N) is 4. The number of piperazine rings is 1. The lowest BCUT2D eigenvalue weighted by molar-refractivity contribution is -0.138. The summed E-state index contributed by atoms with van der Waals surface area (Å²) < 4.78 is 21.9. The Hall–Kier alpha value is -5.60. The van der Waals surface area contributed by atoms with Crippen molar-refractivity contribution < 1.29 is 48.0 Å². The molecular weight excluding hydrogens is 662 g/mol. The van der Waals surface area contributed by atoms with Crippen LogP contribution >= 0.6 is 0 Å².